The first-order valence-electron chi connectivity index (χ1n) is 5.95. The normalized spacial score (nSPS) is 15.1. The van der Waals surface area contributed by atoms with Crippen LogP contribution < -0.4 is 0 Å². The van der Waals surface area contributed by atoms with Crippen molar-refractivity contribution in [2.45, 2.75) is 58.1 Å². The van der Waals surface area contributed by atoms with Crippen molar-refractivity contribution in [2.75, 3.05) is 0 Å². The number of aliphatic hydroxyl groups excluding tert-OH is 1. The second-order valence-electron chi connectivity index (χ2n) is 4.05. The Morgan fingerprint density at radius 2 is 2.13 bits per heavy atom. The van der Waals surface area contributed by atoms with E-state index >= 15 is 0 Å². The molecule has 0 amide bonds. The lowest BCUT2D eigenvalue weighted by atomic mass is 10.0. The molecule has 0 fully saturated rings. The minimum Gasteiger partial charge on any atom is -0.391 e. The number of hydrogen-bond acceptors (Lipinski definition) is 2. The van der Waals surface area contributed by atoms with Crippen LogP contribution in [0.3, 0.4) is 0 Å². The minimum atomic E-state index is -0.254. The Balaban J connectivity index is 2.54. The molecular formula is C12H22N2O. The Kier molecular flexibility index (Phi) is 5.40. The quantitative estimate of drug-likeness (QED) is 0.703. The highest BCUT2D eigenvalue weighted by molar-refractivity contribution is 4.83. The SMILES string of the molecule is CCCCCC(C(O)CC)n1ccnc1. The summed E-state index contributed by atoms with van der Waals surface area (Å²) in [4.78, 5) is 4.04. The molecule has 3 heteroatoms. The first kappa shape index (κ1) is 12.2. The summed E-state index contributed by atoms with van der Waals surface area (Å²) < 4.78 is 2.03. The van der Waals surface area contributed by atoms with Gasteiger partial charge in [-0.05, 0) is 12.8 Å². The van der Waals surface area contributed by atoms with Gasteiger partial charge >= 0.3 is 0 Å². The second kappa shape index (κ2) is 6.62. The molecule has 0 aliphatic rings. The maximum atomic E-state index is 9.94. The van der Waals surface area contributed by atoms with Crippen LogP contribution in [-0.4, -0.2) is 20.8 Å². The number of imidazole rings is 1. The van der Waals surface area contributed by atoms with E-state index in [0.717, 1.165) is 12.8 Å². The smallest absolute Gasteiger partial charge is 0.0949 e. The summed E-state index contributed by atoms with van der Waals surface area (Å²) in [5, 5.41) is 9.94. The average molecular weight is 210 g/mol. The molecule has 0 saturated carbocycles. The molecule has 3 nitrogen and oxygen atoms in total. The summed E-state index contributed by atoms with van der Waals surface area (Å²) in [7, 11) is 0. The van der Waals surface area contributed by atoms with E-state index < -0.39 is 0 Å². The molecule has 0 saturated heterocycles. The van der Waals surface area contributed by atoms with E-state index in [9.17, 15) is 5.11 Å². The van der Waals surface area contributed by atoms with E-state index in [4.69, 9.17) is 0 Å². The van der Waals surface area contributed by atoms with Gasteiger partial charge in [-0.15, -0.1) is 0 Å². The van der Waals surface area contributed by atoms with Crippen LogP contribution in [0.5, 0.6) is 0 Å². The van der Waals surface area contributed by atoms with Crippen LogP contribution in [0.25, 0.3) is 0 Å². The molecule has 1 N–H and O–H groups in total. The van der Waals surface area contributed by atoms with Gasteiger partial charge in [-0.3, -0.25) is 0 Å². The topological polar surface area (TPSA) is 38.0 Å². The zero-order valence-electron chi connectivity index (χ0n) is 9.76. The number of aliphatic hydroxyl groups is 1. The molecule has 1 rings (SSSR count). The van der Waals surface area contributed by atoms with Gasteiger partial charge in [0.05, 0.1) is 18.5 Å². The van der Waals surface area contributed by atoms with Gasteiger partial charge in [0.1, 0.15) is 0 Å². The fraction of sp³-hybridized carbons (Fsp3) is 0.750. The van der Waals surface area contributed by atoms with Gasteiger partial charge in [0.15, 0.2) is 0 Å². The third-order valence-corrected chi connectivity index (χ3v) is 2.87. The van der Waals surface area contributed by atoms with E-state index in [-0.39, 0.29) is 12.1 Å². The van der Waals surface area contributed by atoms with Crippen molar-refractivity contribution in [1.29, 1.82) is 0 Å². The Morgan fingerprint density at radius 3 is 2.67 bits per heavy atom. The predicted octanol–water partition coefficient (Wildman–Crippen LogP) is 2.78. The van der Waals surface area contributed by atoms with Gasteiger partial charge in [-0.2, -0.15) is 0 Å². The molecule has 86 valence electrons. The maximum Gasteiger partial charge on any atom is 0.0949 e. The van der Waals surface area contributed by atoms with Gasteiger partial charge in [0.25, 0.3) is 0 Å². The molecule has 1 aromatic rings. The Bertz CT molecular complexity index is 246. The van der Waals surface area contributed by atoms with E-state index in [1.165, 1.54) is 19.3 Å². The lowest BCUT2D eigenvalue weighted by Crippen LogP contribution is -2.22. The first-order valence-corrected chi connectivity index (χ1v) is 5.95. The summed E-state index contributed by atoms with van der Waals surface area (Å²) in [5.41, 5.74) is 0. The molecule has 1 aromatic heterocycles. The first-order chi connectivity index (χ1) is 7.29. The van der Waals surface area contributed by atoms with Crippen molar-refractivity contribution in [2.24, 2.45) is 0 Å². The number of aromatic nitrogens is 2. The number of nitrogens with zero attached hydrogens (tertiary/aromatic N) is 2. The minimum absolute atomic E-state index is 0.198. The van der Waals surface area contributed by atoms with Gasteiger partial charge < -0.3 is 9.67 Å². The Hall–Kier alpha value is -0.830. The number of hydrogen-bond donors (Lipinski definition) is 1. The second-order valence-corrected chi connectivity index (χ2v) is 4.05. The van der Waals surface area contributed by atoms with Gasteiger partial charge in [-0.25, -0.2) is 4.98 Å². The van der Waals surface area contributed by atoms with Crippen LogP contribution in [0.15, 0.2) is 18.7 Å². The van der Waals surface area contributed by atoms with Crippen LogP contribution in [0.1, 0.15) is 52.0 Å². The standard InChI is InChI=1S/C12H22N2O/c1-3-5-6-7-11(12(15)4-2)14-9-8-13-10-14/h8-12,15H,3-7H2,1-2H3. The monoisotopic (exact) mass is 210 g/mol. The summed E-state index contributed by atoms with van der Waals surface area (Å²) >= 11 is 0. The third kappa shape index (κ3) is 3.67. The highest BCUT2D eigenvalue weighted by atomic mass is 16.3. The van der Waals surface area contributed by atoms with E-state index in [0.29, 0.717) is 0 Å². The number of rotatable bonds is 7. The summed E-state index contributed by atoms with van der Waals surface area (Å²) in [6.45, 7) is 4.22. The largest absolute Gasteiger partial charge is 0.391 e. The zero-order valence-corrected chi connectivity index (χ0v) is 9.76. The van der Waals surface area contributed by atoms with Crippen LogP contribution >= 0.6 is 0 Å². The zero-order chi connectivity index (χ0) is 11.1. The maximum absolute atomic E-state index is 9.94. The van der Waals surface area contributed by atoms with E-state index in [1.54, 1.807) is 12.5 Å². The molecule has 0 aromatic carbocycles. The molecule has 2 unspecified atom stereocenters. The van der Waals surface area contributed by atoms with Crippen LogP contribution in [0.4, 0.5) is 0 Å². The van der Waals surface area contributed by atoms with Crippen molar-refractivity contribution in [3.8, 4) is 0 Å². The van der Waals surface area contributed by atoms with E-state index in [1.807, 2.05) is 17.7 Å². The summed E-state index contributed by atoms with van der Waals surface area (Å²) in [5.74, 6) is 0. The van der Waals surface area contributed by atoms with Crippen molar-refractivity contribution >= 4 is 0 Å². The lowest BCUT2D eigenvalue weighted by molar-refractivity contribution is 0.102. The molecule has 2 atom stereocenters. The van der Waals surface area contributed by atoms with Crippen molar-refractivity contribution in [1.82, 2.24) is 9.55 Å². The predicted molar refractivity (Wildman–Crippen MR) is 61.7 cm³/mol. The summed E-state index contributed by atoms with van der Waals surface area (Å²) in [6, 6.07) is 0.198. The highest BCUT2D eigenvalue weighted by Crippen LogP contribution is 2.21. The van der Waals surface area contributed by atoms with Crippen molar-refractivity contribution in [3.05, 3.63) is 18.7 Å². The van der Waals surface area contributed by atoms with Crippen LogP contribution in [-0.2, 0) is 0 Å². The molecule has 0 aliphatic carbocycles. The van der Waals surface area contributed by atoms with Crippen LogP contribution in [0.2, 0.25) is 0 Å². The van der Waals surface area contributed by atoms with Crippen LogP contribution in [0, 0.1) is 0 Å². The Labute approximate surface area is 92.1 Å². The van der Waals surface area contributed by atoms with Gasteiger partial charge in [-0.1, -0.05) is 33.1 Å². The van der Waals surface area contributed by atoms with Crippen molar-refractivity contribution < 1.29 is 5.11 Å². The van der Waals surface area contributed by atoms with Gasteiger partial charge in [0, 0.05) is 12.4 Å². The third-order valence-electron chi connectivity index (χ3n) is 2.87. The van der Waals surface area contributed by atoms with Gasteiger partial charge in [0.2, 0.25) is 0 Å². The molecular weight excluding hydrogens is 188 g/mol. The molecule has 0 aliphatic heterocycles. The molecule has 0 spiro atoms. The molecule has 15 heavy (non-hydrogen) atoms. The molecule has 0 radical (unpaired) electrons. The van der Waals surface area contributed by atoms with E-state index in [2.05, 4.69) is 11.9 Å². The number of unbranched alkanes of at least 4 members (excludes halogenated alkanes) is 2. The fourth-order valence-electron chi connectivity index (χ4n) is 1.88. The summed E-state index contributed by atoms with van der Waals surface area (Å²) in [6.07, 6.45) is 10.7. The highest BCUT2D eigenvalue weighted by Gasteiger charge is 2.18. The molecule has 1 heterocycles. The molecule has 0 bridgehead atoms. The fourth-order valence-corrected chi connectivity index (χ4v) is 1.88. The Morgan fingerprint density at radius 1 is 1.33 bits per heavy atom. The average Bonchev–Trinajstić information content (AvgIpc) is 2.77. The van der Waals surface area contributed by atoms with Crippen molar-refractivity contribution in [3.63, 3.8) is 0 Å². The lowest BCUT2D eigenvalue weighted by Gasteiger charge is -2.23.